The second-order valence-electron chi connectivity index (χ2n) is 7.98. The number of aliphatic hydroxyl groups excluding tert-OH is 1. The number of esters is 1. The van der Waals surface area contributed by atoms with Crippen LogP contribution in [0.15, 0.2) is 12.1 Å². The summed E-state index contributed by atoms with van der Waals surface area (Å²) in [6, 6.07) is 1.91. The molecule has 4 rings (SSSR count). The lowest BCUT2D eigenvalue weighted by molar-refractivity contribution is -0.289. The summed E-state index contributed by atoms with van der Waals surface area (Å²) in [4.78, 5) is 12.4. The van der Waals surface area contributed by atoms with Crippen molar-refractivity contribution in [1.29, 1.82) is 0 Å². The van der Waals surface area contributed by atoms with Crippen LogP contribution in [-0.2, 0) is 4.74 Å². The molecule has 3 aliphatic rings. The number of aliphatic hydroxyl groups is 1. The van der Waals surface area contributed by atoms with E-state index in [1.807, 2.05) is 0 Å². The number of hydrogen-bond donors (Lipinski definition) is 1. The van der Waals surface area contributed by atoms with Crippen LogP contribution in [0.4, 0.5) is 22.0 Å². The van der Waals surface area contributed by atoms with E-state index in [2.05, 4.69) is 0 Å². The fourth-order valence-corrected chi connectivity index (χ4v) is 4.67. The van der Waals surface area contributed by atoms with Crippen molar-refractivity contribution in [2.45, 2.75) is 76.2 Å². The Balaban J connectivity index is 1.89. The van der Waals surface area contributed by atoms with Gasteiger partial charge in [-0.3, -0.25) is 0 Å². The molecule has 3 fully saturated rings. The molecular weight excluding hydrogens is 383 g/mol. The monoisotopic (exact) mass is 406 g/mol. The lowest BCUT2D eigenvalue weighted by Crippen LogP contribution is -2.68. The first-order valence-corrected chi connectivity index (χ1v) is 9.42. The standard InChI is InChI=1S/C20H23F5O3/c1-3-6-18-7-9-19(10-8-18,17(23)20(18,24)25)28-16(27)13-5-4-12(11(2)26)14(21)15(13)22/h4-5,11,17,26H,3,6-10H2,1-2H3. The number of fused-ring (bicyclic) bond motifs is 3. The third-order valence-electron chi connectivity index (χ3n) is 6.35. The molecule has 3 saturated carbocycles. The van der Waals surface area contributed by atoms with Gasteiger partial charge in [0.1, 0.15) is 5.60 Å². The molecule has 0 aliphatic heterocycles. The van der Waals surface area contributed by atoms with Crippen molar-refractivity contribution >= 4 is 5.97 Å². The number of rotatable bonds is 5. The van der Waals surface area contributed by atoms with Gasteiger partial charge in [0.25, 0.3) is 5.92 Å². The third kappa shape index (κ3) is 2.91. The average molecular weight is 406 g/mol. The van der Waals surface area contributed by atoms with Gasteiger partial charge in [0.05, 0.1) is 11.7 Å². The Kier molecular flexibility index (Phi) is 5.23. The molecule has 0 heterocycles. The van der Waals surface area contributed by atoms with Gasteiger partial charge in [0, 0.05) is 11.0 Å². The zero-order valence-electron chi connectivity index (χ0n) is 15.7. The van der Waals surface area contributed by atoms with Gasteiger partial charge >= 0.3 is 5.97 Å². The van der Waals surface area contributed by atoms with Crippen molar-refractivity contribution < 1.29 is 36.6 Å². The Morgan fingerprint density at radius 1 is 1.21 bits per heavy atom. The molecule has 0 aromatic heterocycles. The van der Waals surface area contributed by atoms with Crippen molar-refractivity contribution in [2.24, 2.45) is 5.41 Å². The van der Waals surface area contributed by atoms with Gasteiger partial charge in [-0.15, -0.1) is 0 Å². The summed E-state index contributed by atoms with van der Waals surface area (Å²) in [5.41, 5.74) is -4.68. The minimum Gasteiger partial charge on any atom is -0.452 e. The summed E-state index contributed by atoms with van der Waals surface area (Å²) in [6.07, 6.45) is -3.55. The number of alkyl halides is 3. The maximum absolute atomic E-state index is 14.9. The Morgan fingerprint density at radius 2 is 1.82 bits per heavy atom. The van der Waals surface area contributed by atoms with Gasteiger partial charge in [-0.2, -0.15) is 0 Å². The van der Waals surface area contributed by atoms with E-state index in [4.69, 9.17) is 4.74 Å². The molecule has 0 amide bonds. The molecule has 1 N–H and O–H groups in total. The molecule has 1 aromatic carbocycles. The van der Waals surface area contributed by atoms with Crippen LogP contribution >= 0.6 is 0 Å². The summed E-state index contributed by atoms with van der Waals surface area (Å²) < 4.78 is 77.8. The SMILES string of the molecule is CCCC12CCC(OC(=O)c3ccc(C(C)O)c(F)c3F)(CC1)C(F)C2(F)F. The van der Waals surface area contributed by atoms with E-state index in [0.717, 1.165) is 12.1 Å². The summed E-state index contributed by atoms with van der Waals surface area (Å²) in [6.45, 7) is 2.97. The van der Waals surface area contributed by atoms with Crippen LogP contribution in [0.3, 0.4) is 0 Å². The molecule has 2 atom stereocenters. The zero-order chi connectivity index (χ0) is 20.9. The van der Waals surface area contributed by atoms with Crippen molar-refractivity contribution in [3.63, 3.8) is 0 Å². The predicted molar refractivity (Wildman–Crippen MR) is 90.8 cm³/mol. The highest BCUT2D eigenvalue weighted by Gasteiger charge is 2.72. The smallest absolute Gasteiger partial charge is 0.341 e. The molecule has 156 valence electrons. The van der Waals surface area contributed by atoms with Gasteiger partial charge in [0.2, 0.25) is 6.17 Å². The van der Waals surface area contributed by atoms with Crippen LogP contribution in [0, 0.1) is 17.0 Å². The van der Waals surface area contributed by atoms with E-state index >= 15 is 0 Å². The minimum atomic E-state index is -3.67. The van der Waals surface area contributed by atoms with Crippen LogP contribution in [0.25, 0.3) is 0 Å². The number of ether oxygens (including phenoxy) is 1. The summed E-state index contributed by atoms with van der Waals surface area (Å²) in [5.74, 6) is -8.05. The van der Waals surface area contributed by atoms with Crippen LogP contribution in [0.5, 0.6) is 0 Å². The normalized spacial score (nSPS) is 32.2. The largest absolute Gasteiger partial charge is 0.452 e. The summed E-state index contributed by atoms with van der Waals surface area (Å²) in [7, 11) is 0. The number of carbonyl (C=O) groups is 1. The number of hydrogen-bond acceptors (Lipinski definition) is 3. The molecule has 0 radical (unpaired) electrons. The number of carbonyl (C=O) groups excluding carboxylic acids is 1. The molecule has 2 unspecified atom stereocenters. The molecular formula is C20H23F5O3. The summed E-state index contributed by atoms with van der Waals surface area (Å²) in [5, 5.41) is 9.41. The minimum absolute atomic E-state index is 0.000647. The van der Waals surface area contributed by atoms with Gasteiger partial charge in [0.15, 0.2) is 11.6 Å². The van der Waals surface area contributed by atoms with E-state index in [9.17, 15) is 31.9 Å². The van der Waals surface area contributed by atoms with Gasteiger partial charge in [-0.05, 0) is 45.1 Å². The third-order valence-corrected chi connectivity index (χ3v) is 6.35. The Hall–Kier alpha value is -1.70. The van der Waals surface area contributed by atoms with Crippen molar-refractivity contribution in [3.05, 3.63) is 34.9 Å². The van der Waals surface area contributed by atoms with E-state index < -0.39 is 52.4 Å². The first-order chi connectivity index (χ1) is 13.0. The summed E-state index contributed by atoms with van der Waals surface area (Å²) >= 11 is 0. The fourth-order valence-electron chi connectivity index (χ4n) is 4.67. The van der Waals surface area contributed by atoms with Gasteiger partial charge in [-0.1, -0.05) is 19.4 Å². The molecule has 8 heteroatoms. The van der Waals surface area contributed by atoms with E-state index in [0.29, 0.717) is 6.42 Å². The fraction of sp³-hybridized carbons (Fsp3) is 0.650. The molecule has 1 aromatic rings. The highest BCUT2D eigenvalue weighted by atomic mass is 19.3. The first kappa shape index (κ1) is 21.0. The van der Waals surface area contributed by atoms with Crippen LogP contribution in [0.1, 0.15) is 74.4 Å². The highest BCUT2D eigenvalue weighted by molar-refractivity contribution is 5.90. The Morgan fingerprint density at radius 3 is 2.36 bits per heavy atom. The highest BCUT2D eigenvalue weighted by Crippen LogP contribution is 2.64. The molecule has 3 aliphatic carbocycles. The topological polar surface area (TPSA) is 46.5 Å². The van der Waals surface area contributed by atoms with Crippen molar-refractivity contribution in [3.8, 4) is 0 Å². The maximum Gasteiger partial charge on any atom is 0.341 e. The van der Waals surface area contributed by atoms with E-state index in [1.165, 1.54) is 6.92 Å². The predicted octanol–water partition coefficient (Wildman–Crippen LogP) is 5.26. The molecule has 0 saturated heterocycles. The lowest BCUT2D eigenvalue weighted by Gasteiger charge is -2.58. The second-order valence-corrected chi connectivity index (χ2v) is 7.98. The van der Waals surface area contributed by atoms with E-state index in [1.54, 1.807) is 6.92 Å². The average Bonchev–Trinajstić information content (AvgIpc) is 2.63. The van der Waals surface area contributed by atoms with Gasteiger partial charge in [-0.25, -0.2) is 26.7 Å². The maximum atomic E-state index is 14.9. The van der Waals surface area contributed by atoms with Crippen LogP contribution in [0.2, 0.25) is 0 Å². The van der Waals surface area contributed by atoms with Crippen molar-refractivity contribution in [2.75, 3.05) is 0 Å². The zero-order valence-corrected chi connectivity index (χ0v) is 15.7. The Labute approximate surface area is 159 Å². The molecule has 28 heavy (non-hydrogen) atoms. The quantitative estimate of drug-likeness (QED) is 0.536. The molecule has 3 nitrogen and oxygen atoms in total. The first-order valence-electron chi connectivity index (χ1n) is 9.42. The molecule has 0 spiro atoms. The number of halogens is 5. The second kappa shape index (κ2) is 6.97. The number of benzene rings is 1. The van der Waals surface area contributed by atoms with E-state index in [-0.39, 0.29) is 37.7 Å². The van der Waals surface area contributed by atoms with Gasteiger partial charge < -0.3 is 9.84 Å². The lowest BCUT2D eigenvalue weighted by atomic mass is 9.54. The molecule has 2 bridgehead atoms. The Bertz CT molecular complexity index is 769. The van der Waals surface area contributed by atoms with Crippen molar-refractivity contribution in [1.82, 2.24) is 0 Å². The van der Waals surface area contributed by atoms with Crippen LogP contribution in [-0.4, -0.2) is 28.8 Å². The van der Waals surface area contributed by atoms with Crippen LogP contribution < -0.4 is 0 Å².